The molecular formula is C15H22FN. The van der Waals surface area contributed by atoms with Gasteiger partial charge in [0.15, 0.2) is 0 Å². The first-order valence-corrected chi connectivity index (χ1v) is 6.61. The summed E-state index contributed by atoms with van der Waals surface area (Å²) in [4.78, 5) is 0. The van der Waals surface area contributed by atoms with Gasteiger partial charge in [-0.3, -0.25) is 0 Å². The summed E-state index contributed by atoms with van der Waals surface area (Å²) in [5.74, 6) is -0.113. The number of benzene rings is 1. The van der Waals surface area contributed by atoms with Gasteiger partial charge in [0, 0.05) is 13.1 Å². The predicted molar refractivity (Wildman–Crippen MR) is 69.4 cm³/mol. The molecule has 17 heavy (non-hydrogen) atoms. The summed E-state index contributed by atoms with van der Waals surface area (Å²) in [5, 5.41) is 3.51. The van der Waals surface area contributed by atoms with Crippen LogP contribution in [0.4, 0.5) is 4.39 Å². The summed E-state index contributed by atoms with van der Waals surface area (Å²) in [6.45, 7) is 6.03. The van der Waals surface area contributed by atoms with E-state index in [1.807, 2.05) is 19.1 Å². The Morgan fingerprint density at radius 1 is 1.35 bits per heavy atom. The summed E-state index contributed by atoms with van der Waals surface area (Å²) in [7, 11) is 0. The fraction of sp³-hybridized carbons (Fsp3) is 0.600. The lowest BCUT2D eigenvalue weighted by atomic mass is 10.0. The van der Waals surface area contributed by atoms with E-state index in [4.69, 9.17) is 0 Å². The summed E-state index contributed by atoms with van der Waals surface area (Å²) < 4.78 is 13.1. The lowest BCUT2D eigenvalue weighted by Crippen LogP contribution is -2.23. The lowest BCUT2D eigenvalue weighted by Gasteiger charge is -2.15. The molecule has 0 aliphatic heterocycles. The lowest BCUT2D eigenvalue weighted by molar-refractivity contribution is 0.420. The Kier molecular flexibility index (Phi) is 3.82. The average molecular weight is 235 g/mol. The highest BCUT2D eigenvalue weighted by atomic mass is 19.1. The summed E-state index contributed by atoms with van der Waals surface area (Å²) in [6.07, 6.45) is 5.35. The minimum atomic E-state index is -0.113. The monoisotopic (exact) mass is 235 g/mol. The second-order valence-electron chi connectivity index (χ2n) is 5.44. The standard InChI is InChI=1S/C15H22FN/c1-3-6-15(7-8-15)11-17-10-13-4-5-14(16)12(2)9-13/h4-5,9,17H,3,6-8,10-11H2,1-2H3. The first-order chi connectivity index (χ1) is 8.15. The quantitative estimate of drug-likeness (QED) is 0.790. The normalized spacial score (nSPS) is 17.1. The smallest absolute Gasteiger partial charge is 0.126 e. The molecule has 1 saturated carbocycles. The van der Waals surface area contributed by atoms with Gasteiger partial charge in [0.25, 0.3) is 0 Å². The van der Waals surface area contributed by atoms with Crippen LogP contribution in [0.5, 0.6) is 0 Å². The van der Waals surface area contributed by atoms with Gasteiger partial charge in [-0.2, -0.15) is 0 Å². The van der Waals surface area contributed by atoms with Gasteiger partial charge >= 0.3 is 0 Å². The minimum absolute atomic E-state index is 0.113. The fourth-order valence-corrected chi connectivity index (χ4v) is 2.51. The number of nitrogens with one attached hydrogen (secondary N) is 1. The zero-order chi connectivity index (χ0) is 12.3. The van der Waals surface area contributed by atoms with Gasteiger partial charge < -0.3 is 5.32 Å². The number of halogens is 1. The third-order valence-corrected chi connectivity index (χ3v) is 3.79. The Morgan fingerprint density at radius 2 is 2.12 bits per heavy atom. The van der Waals surface area contributed by atoms with E-state index < -0.39 is 0 Å². The number of rotatable bonds is 6. The van der Waals surface area contributed by atoms with Crippen LogP contribution in [-0.2, 0) is 6.54 Å². The third kappa shape index (κ3) is 3.29. The van der Waals surface area contributed by atoms with Crippen LogP contribution in [-0.4, -0.2) is 6.54 Å². The van der Waals surface area contributed by atoms with Crippen molar-refractivity contribution < 1.29 is 4.39 Å². The van der Waals surface area contributed by atoms with E-state index in [9.17, 15) is 4.39 Å². The summed E-state index contributed by atoms with van der Waals surface area (Å²) in [6, 6.07) is 5.36. The maximum Gasteiger partial charge on any atom is 0.126 e. The maximum absolute atomic E-state index is 13.1. The maximum atomic E-state index is 13.1. The Balaban J connectivity index is 1.80. The molecular weight excluding hydrogens is 213 g/mol. The van der Waals surface area contributed by atoms with Crippen molar-refractivity contribution in [2.75, 3.05) is 6.54 Å². The summed E-state index contributed by atoms with van der Waals surface area (Å²) in [5.41, 5.74) is 2.50. The highest BCUT2D eigenvalue weighted by molar-refractivity contribution is 5.23. The highest BCUT2D eigenvalue weighted by Crippen LogP contribution is 2.48. The second-order valence-corrected chi connectivity index (χ2v) is 5.44. The molecule has 0 radical (unpaired) electrons. The van der Waals surface area contributed by atoms with Crippen molar-refractivity contribution in [1.29, 1.82) is 0 Å². The van der Waals surface area contributed by atoms with Crippen molar-refractivity contribution in [3.63, 3.8) is 0 Å². The molecule has 0 atom stereocenters. The van der Waals surface area contributed by atoms with E-state index >= 15 is 0 Å². The first-order valence-electron chi connectivity index (χ1n) is 6.61. The molecule has 0 heterocycles. The molecule has 0 aromatic heterocycles. The molecule has 1 aromatic carbocycles. The Hall–Kier alpha value is -0.890. The van der Waals surface area contributed by atoms with Crippen LogP contribution in [0, 0.1) is 18.2 Å². The summed E-state index contributed by atoms with van der Waals surface area (Å²) >= 11 is 0. The molecule has 2 rings (SSSR count). The Bertz CT molecular complexity index is 383. The SMILES string of the molecule is CCCC1(CNCc2ccc(F)c(C)c2)CC1. The molecule has 0 bridgehead atoms. The van der Waals surface area contributed by atoms with E-state index in [-0.39, 0.29) is 5.82 Å². The van der Waals surface area contributed by atoms with Crippen molar-refractivity contribution in [2.24, 2.45) is 5.41 Å². The predicted octanol–water partition coefficient (Wildman–Crippen LogP) is 3.80. The van der Waals surface area contributed by atoms with E-state index in [0.29, 0.717) is 5.41 Å². The van der Waals surface area contributed by atoms with Crippen LogP contribution in [0.3, 0.4) is 0 Å². The van der Waals surface area contributed by atoms with Gasteiger partial charge in [0.2, 0.25) is 0 Å². The minimum Gasteiger partial charge on any atom is -0.312 e. The zero-order valence-electron chi connectivity index (χ0n) is 10.9. The van der Waals surface area contributed by atoms with Crippen LogP contribution in [0.2, 0.25) is 0 Å². The molecule has 1 aliphatic rings. The molecule has 0 spiro atoms. The van der Waals surface area contributed by atoms with E-state index in [2.05, 4.69) is 12.2 Å². The topological polar surface area (TPSA) is 12.0 Å². The van der Waals surface area contributed by atoms with Crippen molar-refractivity contribution >= 4 is 0 Å². The van der Waals surface area contributed by atoms with Crippen LogP contribution in [0.15, 0.2) is 18.2 Å². The van der Waals surface area contributed by atoms with Gasteiger partial charge in [-0.1, -0.05) is 25.5 Å². The van der Waals surface area contributed by atoms with Crippen LogP contribution >= 0.6 is 0 Å². The van der Waals surface area contributed by atoms with Gasteiger partial charge in [0.05, 0.1) is 0 Å². The molecule has 1 nitrogen and oxygen atoms in total. The van der Waals surface area contributed by atoms with Gasteiger partial charge in [-0.05, 0) is 48.8 Å². The molecule has 94 valence electrons. The van der Waals surface area contributed by atoms with Crippen molar-refractivity contribution in [3.8, 4) is 0 Å². The van der Waals surface area contributed by atoms with Gasteiger partial charge in [0.1, 0.15) is 5.82 Å². The second kappa shape index (κ2) is 5.18. The highest BCUT2D eigenvalue weighted by Gasteiger charge is 2.40. The van der Waals surface area contributed by atoms with Crippen molar-refractivity contribution in [1.82, 2.24) is 5.32 Å². The number of aryl methyl sites for hydroxylation is 1. The number of hydrogen-bond donors (Lipinski definition) is 1. The van der Waals surface area contributed by atoms with E-state index in [0.717, 1.165) is 18.7 Å². The molecule has 0 unspecified atom stereocenters. The Morgan fingerprint density at radius 3 is 2.71 bits per heavy atom. The molecule has 2 heteroatoms. The van der Waals surface area contributed by atoms with Crippen molar-refractivity contribution in [3.05, 3.63) is 35.1 Å². The fourth-order valence-electron chi connectivity index (χ4n) is 2.51. The largest absolute Gasteiger partial charge is 0.312 e. The molecule has 1 N–H and O–H groups in total. The molecule has 1 aliphatic carbocycles. The van der Waals surface area contributed by atoms with Gasteiger partial charge in [-0.25, -0.2) is 4.39 Å². The molecule has 1 fully saturated rings. The van der Waals surface area contributed by atoms with Crippen LogP contribution in [0.1, 0.15) is 43.7 Å². The zero-order valence-corrected chi connectivity index (χ0v) is 10.9. The van der Waals surface area contributed by atoms with Crippen molar-refractivity contribution in [2.45, 2.75) is 46.1 Å². The molecule has 0 saturated heterocycles. The molecule has 0 amide bonds. The number of hydrogen-bond acceptors (Lipinski definition) is 1. The first kappa shape index (κ1) is 12.6. The van der Waals surface area contributed by atoms with E-state index in [1.54, 1.807) is 6.07 Å². The average Bonchev–Trinajstić information content (AvgIpc) is 3.04. The van der Waals surface area contributed by atoms with Crippen LogP contribution < -0.4 is 5.32 Å². The molecule has 1 aromatic rings. The van der Waals surface area contributed by atoms with Gasteiger partial charge in [-0.15, -0.1) is 0 Å². The van der Waals surface area contributed by atoms with E-state index in [1.165, 1.54) is 31.2 Å². The van der Waals surface area contributed by atoms with Crippen LogP contribution in [0.25, 0.3) is 0 Å². The third-order valence-electron chi connectivity index (χ3n) is 3.79. The Labute approximate surface area is 103 Å².